The van der Waals surface area contributed by atoms with Gasteiger partial charge in [-0.25, -0.2) is 13.1 Å². The van der Waals surface area contributed by atoms with Crippen molar-refractivity contribution in [2.45, 2.75) is 25.2 Å². The molecule has 0 aliphatic heterocycles. The number of rotatable bonds is 5. The Bertz CT molecular complexity index is 635. The van der Waals surface area contributed by atoms with Gasteiger partial charge in [-0.05, 0) is 24.5 Å². The predicted molar refractivity (Wildman–Crippen MR) is 72.1 cm³/mol. The van der Waals surface area contributed by atoms with Crippen LogP contribution in [0, 0.1) is 5.92 Å². The maximum atomic E-state index is 12.2. The van der Waals surface area contributed by atoms with Gasteiger partial charge in [0.15, 0.2) is 0 Å². The van der Waals surface area contributed by atoms with Crippen LogP contribution in [0.15, 0.2) is 23.1 Å². The number of hydrogen-bond donors (Lipinski definition) is 1. The summed E-state index contributed by atoms with van der Waals surface area (Å²) >= 11 is 1.02. The highest BCUT2D eigenvalue weighted by Crippen LogP contribution is 2.20. The van der Waals surface area contributed by atoms with Crippen molar-refractivity contribution in [2.75, 3.05) is 6.54 Å². The second kappa shape index (κ2) is 5.29. The third-order valence-electron chi connectivity index (χ3n) is 2.55. The molecule has 0 bridgehead atoms. The minimum atomic E-state index is -3.50. The summed E-state index contributed by atoms with van der Waals surface area (Å²) in [6.07, 6.45) is 0.810. The van der Waals surface area contributed by atoms with E-state index in [4.69, 9.17) is 0 Å². The monoisotopic (exact) mass is 285 g/mol. The van der Waals surface area contributed by atoms with Crippen molar-refractivity contribution < 1.29 is 8.42 Å². The molecule has 0 radical (unpaired) electrons. The highest BCUT2D eigenvalue weighted by molar-refractivity contribution is 7.89. The first-order valence-electron chi connectivity index (χ1n) is 5.71. The Balaban J connectivity index is 2.27. The van der Waals surface area contributed by atoms with Crippen LogP contribution in [0.2, 0.25) is 0 Å². The van der Waals surface area contributed by atoms with Crippen LogP contribution < -0.4 is 4.72 Å². The zero-order valence-electron chi connectivity index (χ0n) is 10.3. The molecule has 0 saturated heterocycles. The predicted octanol–water partition coefficient (Wildman–Crippen LogP) is 2.02. The number of fused-ring (bicyclic) bond motifs is 1. The molecule has 7 heteroatoms. The highest BCUT2D eigenvalue weighted by atomic mass is 32.2. The van der Waals surface area contributed by atoms with E-state index < -0.39 is 10.0 Å². The van der Waals surface area contributed by atoms with Crippen LogP contribution in [-0.2, 0) is 10.0 Å². The molecule has 0 fully saturated rings. The largest absolute Gasteiger partial charge is 0.242 e. The van der Waals surface area contributed by atoms with Crippen molar-refractivity contribution in [3.05, 3.63) is 18.2 Å². The molecule has 0 amide bonds. The molecule has 0 saturated carbocycles. The zero-order chi connectivity index (χ0) is 13.2. The summed E-state index contributed by atoms with van der Waals surface area (Å²) in [4.78, 5) is 0.206. The molecular formula is C11H15N3O2S2. The van der Waals surface area contributed by atoms with Gasteiger partial charge in [-0.15, -0.1) is 0 Å². The van der Waals surface area contributed by atoms with E-state index in [0.29, 0.717) is 23.5 Å². The van der Waals surface area contributed by atoms with Crippen LogP contribution in [0.3, 0.4) is 0 Å². The molecule has 2 rings (SSSR count). The molecule has 1 heterocycles. The van der Waals surface area contributed by atoms with Gasteiger partial charge in [-0.2, -0.15) is 8.75 Å². The third-order valence-corrected chi connectivity index (χ3v) is 4.59. The molecule has 0 atom stereocenters. The van der Waals surface area contributed by atoms with Crippen LogP contribution in [0.1, 0.15) is 20.3 Å². The lowest BCUT2D eigenvalue weighted by atomic mass is 10.1. The van der Waals surface area contributed by atoms with Crippen LogP contribution in [0.25, 0.3) is 11.0 Å². The van der Waals surface area contributed by atoms with Gasteiger partial charge in [0, 0.05) is 6.54 Å². The minimum absolute atomic E-state index is 0.206. The van der Waals surface area contributed by atoms with Crippen molar-refractivity contribution in [2.24, 2.45) is 5.92 Å². The average Bonchev–Trinajstić information content (AvgIpc) is 2.75. The van der Waals surface area contributed by atoms with E-state index in [1.165, 1.54) is 0 Å². The van der Waals surface area contributed by atoms with Gasteiger partial charge < -0.3 is 0 Å². The Morgan fingerprint density at radius 3 is 2.83 bits per heavy atom. The quantitative estimate of drug-likeness (QED) is 0.912. The summed E-state index contributed by atoms with van der Waals surface area (Å²) in [5.74, 6) is 0.462. The Hall–Kier alpha value is -1.05. The van der Waals surface area contributed by atoms with E-state index in [2.05, 4.69) is 27.3 Å². The van der Waals surface area contributed by atoms with E-state index in [-0.39, 0.29) is 4.90 Å². The average molecular weight is 285 g/mol. The molecule has 1 aromatic heterocycles. The Morgan fingerprint density at radius 1 is 1.33 bits per heavy atom. The first-order valence-corrected chi connectivity index (χ1v) is 7.93. The van der Waals surface area contributed by atoms with Crippen molar-refractivity contribution in [3.8, 4) is 0 Å². The van der Waals surface area contributed by atoms with Gasteiger partial charge in [-0.1, -0.05) is 19.9 Å². The molecule has 0 unspecified atom stereocenters. The standard InChI is InChI=1S/C11H15N3O2S2/c1-8(2)6-7-12-18(15,16)10-5-3-4-9-11(10)14-17-13-9/h3-5,8,12H,6-7H2,1-2H3. The maximum absolute atomic E-state index is 12.2. The number of hydrogen-bond acceptors (Lipinski definition) is 5. The summed E-state index contributed by atoms with van der Waals surface area (Å²) in [7, 11) is -3.50. The Labute approximate surface area is 111 Å². The van der Waals surface area contributed by atoms with Crippen LogP contribution in [-0.4, -0.2) is 23.7 Å². The highest BCUT2D eigenvalue weighted by Gasteiger charge is 2.18. The zero-order valence-corrected chi connectivity index (χ0v) is 11.9. The van der Waals surface area contributed by atoms with Crippen molar-refractivity contribution in [3.63, 3.8) is 0 Å². The van der Waals surface area contributed by atoms with E-state index in [1.807, 2.05) is 0 Å². The summed E-state index contributed by atoms with van der Waals surface area (Å²) in [5, 5.41) is 0. The molecule has 0 aliphatic rings. The first-order chi connectivity index (χ1) is 8.50. The summed E-state index contributed by atoms with van der Waals surface area (Å²) in [5.41, 5.74) is 1.06. The molecule has 0 aliphatic carbocycles. The summed E-state index contributed by atoms with van der Waals surface area (Å²) < 4.78 is 35.0. The molecule has 98 valence electrons. The molecule has 2 aromatic rings. The van der Waals surface area contributed by atoms with Gasteiger partial charge in [0.25, 0.3) is 0 Å². The number of benzene rings is 1. The fourth-order valence-electron chi connectivity index (χ4n) is 1.56. The van der Waals surface area contributed by atoms with E-state index in [0.717, 1.165) is 18.1 Å². The first kappa shape index (κ1) is 13.4. The topological polar surface area (TPSA) is 72.0 Å². The lowest BCUT2D eigenvalue weighted by Gasteiger charge is -2.08. The maximum Gasteiger partial charge on any atom is 0.242 e. The van der Waals surface area contributed by atoms with Crippen molar-refractivity contribution in [1.29, 1.82) is 0 Å². The van der Waals surface area contributed by atoms with Gasteiger partial charge in [0.1, 0.15) is 15.9 Å². The van der Waals surface area contributed by atoms with Gasteiger partial charge in [-0.3, -0.25) is 0 Å². The fourth-order valence-corrected chi connectivity index (χ4v) is 3.37. The molecule has 18 heavy (non-hydrogen) atoms. The number of sulfonamides is 1. The fraction of sp³-hybridized carbons (Fsp3) is 0.455. The third kappa shape index (κ3) is 2.85. The van der Waals surface area contributed by atoms with Crippen LogP contribution >= 0.6 is 11.7 Å². The Kier molecular flexibility index (Phi) is 3.94. The Morgan fingerprint density at radius 2 is 2.11 bits per heavy atom. The molecule has 1 N–H and O–H groups in total. The lowest BCUT2D eigenvalue weighted by Crippen LogP contribution is -2.25. The van der Waals surface area contributed by atoms with Gasteiger partial charge >= 0.3 is 0 Å². The van der Waals surface area contributed by atoms with Crippen molar-refractivity contribution in [1.82, 2.24) is 13.5 Å². The van der Waals surface area contributed by atoms with Crippen LogP contribution in [0.5, 0.6) is 0 Å². The molecule has 5 nitrogen and oxygen atoms in total. The van der Waals surface area contributed by atoms with Gasteiger partial charge in [0.05, 0.1) is 11.7 Å². The minimum Gasteiger partial charge on any atom is -0.211 e. The molecular weight excluding hydrogens is 270 g/mol. The smallest absolute Gasteiger partial charge is 0.211 e. The van der Waals surface area contributed by atoms with Gasteiger partial charge in [0.2, 0.25) is 10.0 Å². The van der Waals surface area contributed by atoms with Crippen LogP contribution in [0.4, 0.5) is 0 Å². The molecule has 0 spiro atoms. The summed E-state index contributed by atoms with van der Waals surface area (Å²) in [6.45, 7) is 4.55. The number of nitrogens with zero attached hydrogens (tertiary/aromatic N) is 2. The normalized spacial score (nSPS) is 12.4. The second-order valence-electron chi connectivity index (χ2n) is 4.47. The number of nitrogens with one attached hydrogen (secondary N) is 1. The molecule has 1 aromatic carbocycles. The van der Waals surface area contributed by atoms with E-state index in [1.54, 1.807) is 18.2 Å². The number of aromatic nitrogens is 2. The lowest BCUT2D eigenvalue weighted by molar-refractivity contribution is 0.552. The summed E-state index contributed by atoms with van der Waals surface area (Å²) in [6, 6.07) is 4.99. The second-order valence-corrected chi connectivity index (χ2v) is 6.73. The van der Waals surface area contributed by atoms with E-state index in [9.17, 15) is 8.42 Å². The van der Waals surface area contributed by atoms with Crippen molar-refractivity contribution >= 4 is 32.8 Å². The van der Waals surface area contributed by atoms with E-state index >= 15 is 0 Å². The SMILES string of the molecule is CC(C)CCNS(=O)(=O)c1cccc2nsnc12.